The lowest BCUT2D eigenvalue weighted by Gasteiger charge is -2.44. The smallest absolute Gasteiger partial charge is 0.378 e. The molecule has 5 atom stereocenters. The maximum Gasteiger partial charge on any atom is 0.446 e. The van der Waals surface area contributed by atoms with E-state index >= 15 is 4.39 Å². The lowest BCUT2D eigenvalue weighted by atomic mass is 9.89. The molecule has 1 aromatic carbocycles. The number of hydrogen-bond donors (Lipinski definition) is 2. The van der Waals surface area contributed by atoms with Crippen LogP contribution in [0.3, 0.4) is 0 Å². The van der Waals surface area contributed by atoms with Crippen molar-refractivity contribution in [3.63, 3.8) is 0 Å². The van der Waals surface area contributed by atoms with Gasteiger partial charge in [-0.3, -0.25) is 9.69 Å². The Balaban J connectivity index is 1.53. The van der Waals surface area contributed by atoms with Crippen LogP contribution in [0.5, 0.6) is 0 Å². The second-order valence-electron chi connectivity index (χ2n) is 9.53. The van der Waals surface area contributed by atoms with Crippen molar-refractivity contribution in [2.45, 2.75) is 80.3 Å². The third-order valence-corrected chi connectivity index (χ3v) is 9.37. The molecule has 2 aliphatic rings. The summed E-state index contributed by atoms with van der Waals surface area (Å²) >= 11 is 0.881. The fraction of sp³-hybridized carbons (Fsp3) is 0.542. The van der Waals surface area contributed by atoms with Gasteiger partial charge in [-0.25, -0.2) is 4.39 Å². The van der Waals surface area contributed by atoms with Crippen molar-refractivity contribution in [3.8, 4) is 10.7 Å². The van der Waals surface area contributed by atoms with E-state index in [0.717, 1.165) is 11.3 Å². The van der Waals surface area contributed by atoms with E-state index in [2.05, 4.69) is 20.8 Å². The number of piperidine rings is 1. The molecule has 2 aromatic heterocycles. The van der Waals surface area contributed by atoms with Crippen molar-refractivity contribution in [1.29, 1.82) is 0 Å². The van der Waals surface area contributed by atoms with Crippen LogP contribution in [-0.2, 0) is 4.79 Å². The van der Waals surface area contributed by atoms with Gasteiger partial charge in [0.1, 0.15) is 12.2 Å². The molecule has 1 amide bonds. The summed E-state index contributed by atoms with van der Waals surface area (Å²) in [5.41, 5.74) is -3.97. The van der Waals surface area contributed by atoms with Crippen molar-refractivity contribution in [3.05, 3.63) is 24.1 Å². The van der Waals surface area contributed by atoms with Crippen LogP contribution in [0, 0.1) is 0 Å². The summed E-state index contributed by atoms with van der Waals surface area (Å²) in [4.78, 5) is 18.1. The first-order valence-corrected chi connectivity index (χ1v) is 13.8. The van der Waals surface area contributed by atoms with Crippen LogP contribution in [0.1, 0.15) is 51.5 Å². The zero-order valence-electron chi connectivity index (χ0n) is 20.4. The highest BCUT2D eigenvalue weighted by atomic mass is 32.2. The molecule has 200 valence electrons. The number of alkyl halides is 4. The van der Waals surface area contributed by atoms with Gasteiger partial charge in [-0.2, -0.15) is 18.2 Å². The molecule has 0 radical (unpaired) electrons. The molecule has 2 N–H and O–H groups in total. The molecule has 3 aromatic rings. The first-order valence-electron chi connectivity index (χ1n) is 12.1. The van der Waals surface area contributed by atoms with Gasteiger partial charge in [0, 0.05) is 28.8 Å². The minimum Gasteiger partial charge on any atom is -0.378 e. The maximum absolute atomic E-state index is 15.5. The first kappa shape index (κ1) is 26.2. The number of carbonyl (C=O) groups is 1. The lowest BCUT2D eigenvalue weighted by molar-refractivity contribution is -0.119. The van der Waals surface area contributed by atoms with Crippen molar-refractivity contribution in [1.82, 2.24) is 20.4 Å². The minimum absolute atomic E-state index is 0.0253. The van der Waals surface area contributed by atoms with Crippen LogP contribution in [0.25, 0.3) is 20.8 Å². The molecule has 7 nitrogen and oxygen atoms in total. The number of amides is 1. The normalized spacial score (nSPS) is 27.1. The van der Waals surface area contributed by atoms with Gasteiger partial charge >= 0.3 is 5.51 Å². The van der Waals surface area contributed by atoms with E-state index in [9.17, 15) is 18.0 Å². The van der Waals surface area contributed by atoms with Crippen LogP contribution in [0.2, 0.25) is 0 Å². The highest BCUT2D eigenvalue weighted by molar-refractivity contribution is 8.00. The standard InChI is InChI=1S/C24H27F4N5O2S2/c1-4-16-18(25)15(10-11(2)33(16)3)29-13-7-5-6-12-19(13)36-21(20(12)37-24(26,27)28)22-31-23(35-32-22)14-8-9-17(34)30-14/h5-7,11,14-16,18,29H,4,8-10H2,1-3H3,(H,30,34)/t11-,14-,15-,16+,18-/m1/s1. The number of thioether (sulfide) groups is 1. The van der Waals surface area contributed by atoms with Gasteiger partial charge in [0.2, 0.25) is 17.6 Å². The molecule has 13 heteroatoms. The number of rotatable bonds is 6. The summed E-state index contributed by atoms with van der Waals surface area (Å²) in [6.45, 7) is 4.00. The van der Waals surface area contributed by atoms with Gasteiger partial charge in [0.25, 0.3) is 0 Å². The largest absolute Gasteiger partial charge is 0.446 e. The van der Waals surface area contributed by atoms with Gasteiger partial charge < -0.3 is 15.2 Å². The number of thiophene rings is 1. The van der Waals surface area contributed by atoms with Gasteiger partial charge in [0.05, 0.1) is 21.3 Å². The Morgan fingerprint density at radius 2 is 2.14 bits per heavy atom. The average Bonchev–Trinajstić information content (AvgIpc) is 3.56. The molecule has 0 spiro atoms. The van der Waals surface area contributed by atoms with Gasteiger partial charge in [0.15, 0.2) is 0 Å². The molecular formula is C24H27F4N5O2S2. The number of nitrogens with zero attached hydrogens (tertiary/aromatic N) is 3. The van der Waals surface area contributed by atoms with Crippen LogP contribution in [-0.4, -0.2) is 57.8 Å². The molecule has 2 aliphatic heterocycles. The monoisotopic (exact) mass is 557 g/mol. The fourth-order valence-electron chi connectivity index (χ4n) is 5.18. The van der Waals surface area contributed by atoms with E-state index in [4.69, 9.17) is 4.52 Å². The Bertz CT molecular complexity index is 1300. The number of likely N-dealkylation sites (tertiary alicyclic amines) is 1. The topological polar surface area (TPSA) is 83.3 Å². The SMILES string of the molecule is CC[C@H]1[C@H](F)[C@H](Nc2cccc3c(SC(F)(F)F)c(-c4noc([C@H]5CCC(=O)N5)n4)sc23)C[C@@H](C)N1C. The van der Waals surface area contributed by atoms with Gasteiger partial charge in [-0.15, -0.1) is 11.3 Å². The van der Waals surface area contributed by atoms with Crippen LogP contribution < -0.4 is 10.6 Å². The first-order chi connectivity index (χ1) is 17.6. The molecule has 0 unspecified atom stereocenters. The number of fused-ring (bicyclic) bond motifs is 1. The summed E-state index contributed by atoms with van der Waals surface area (Å²) in [5, 5.41) is 10.4. The third kappa shape index (κ3) is 5.17. The maximum atomic E-state index is 15.5. The van der Waals surface area contributed by atoms with Crippen molar-refractivity contribution >= 4 is 44.8 Å². The van der Waals surface area contributed by atoms with Crippen molar-refractivity contribution in [2.24, 2.45) is 0 Å². The summed E-state index contributed by atoms with van der Waals surface area (Å²) in [6.07, 6.45) is 0.879. The van der Waals surface area contributed by atoms with Crippen LogP contribution >= 0.6 is 23.1 Å². The third-order valence-electron chi connectivity index (χ3n) is 7.15. The Kier molecular flexibility index (Phi) is 7.14. The van der Waals surface area contributed by atoms with E-state index < -0.39 is 23.8 Å². The van der Waals surface area contributed by atoms with Gasteiger partial charge in [-0.1, -0.05) is 24.2 Å². The molecule has 2 fully saturated rings. The second-order valence-corrected chi connectivity index (χ2v) is 11.6. The number of benzene rings is 1. The fourth-order valence-corrected chi connectivity index (χ4v) is 7.29. The van der Waals surface area contributed by atoms with Gasteiger partial charge in [-0.05, 0) is 51.1 Å². The number of carbonyl (C=O) groups excluding carboxylic acids is 1. The van der Waals surface area contributed by atoms with Crippen LogP contribution in [0.15, 0.2) is 27.6 Å². The van der Waals surface area contributed by atoms with E-state index in [0.29, 0.717) is 41.5 Å². The van der Waals surface area contributed by atoms with E-state index in [1.54, 1.807) is 18.2 Å². The molecular weight excluding hydrogens is 530 g/mol. The second kappa shape index (κ2) is 10.1. The van der Waals surface area contributed by atoms with Crippen molar-refractivity contribution in [2.75, 3.05) is 12.4 Å². The van der Waals surface area contributed by atoms with Crippen molar-refractivity contribution < 1.29 is 26.9 Å². The Morgan fingerprint density at radius 1 is 1.35 bits per heavy atom. The summed E-state index contributed by atoms with van der Waals surface area (Å²) < 4.78 is 62.2. The Labute approximate surface area is 219 Å². The van der Waals surface area contributed by atoms with E-state index in [-0.39, 0.29) is 51.2 Å². The molecule has 2 saturated heterocycles. The van der Waals surface area contributed by atoms with Crippen LogP contribution in [0.4, 0.5) is 23.2 Å². The number of nitrogens with one attached hydrogen (secondary N) is 2. The predicted molar refractivity (Wildman–Crippen MR) is 135 cm³/mol. The molecule has 5 rings (SSSR count). The Hall–Kier alpha value is -2.38. The predicted octanol–water partition coefficient (Wildman–Crippen LogP) is 6.14. The highest BCUT2D eigenvalue weighted by Crippen LogP contribution is 2.51. The summed E-state index contributed by atoms with van der Waals surface area (Å²) in [7, 11) is 1.92. The number of anilines is 1. The summed E-state index contributed by atoms with van der Waals surface area (Å²) in [5.74, 6) is 0.0403. The minimum atomic E-state index is -4.54. The quantitative estimate of drug-likeness (QED) is 0.278. The Morgan fingerprint density at radius 3 is 2.81 bits per heavy atom. The molecule has 0 saturated carbocycles. The lowest BCUT2D eigenvalue weighted by Crippen LogP contribution is -2.56. The zero-order valence-corrected chi connectivity index (χ0v) is 22.1. The average molecular weight is 558 g/mol. The molecule has 0 bridgehead atoms. The van der Waals surface area contributed by atoms with E-state index in [1.165, 1.54) is 0 Å². The molecule has 0 aliphatic carbocycles. The van der Waals surface area contributed by atoms with E-state index in [1.807, 2.05) is 25.8 Å². The number of halogens is 4. The zero-order chi connectivity index (χ0) is 26.5. The summed E-state index contributed by atoms with van der Waals surface area (Å²) in [6, 6.07) is 4.01. The molecule has 4 heterocycles. The molecule has 37 heavy (non-hydrogen) atoms. The number of aromatic nitrogens is 2. The number of hydrogen-bond acceptors (Lipinski definition) is 8. The highest BCUT2D eigenvalue weighted by Gasteiger charge is 2.40.